The summed E-state index contributed by atoms with van der Waals surface area (Å²) in [5.74, 6) is 5.34. The van der Waals surface area contributed by atoms with Crippen LogP contribution < -0.4 is 10.5 Å². The first-order chi connectivity index (χ1) is 12.3. The van der Waals surface area contributed by atoms with Gasteiger partial charge >= 0.3 is 0 Å². The number of fused-ring (bicyclic) bond motifs is 3. The SMILES string of the molecule is COC[C@](C)(O)C#Cc1ccc2c(c1)-c1nc(C(N)=O)sc1[C@@H](F)CO2. The van der Waals surface area contributed by atoms with E-state index in [-0.39, 0.29) is 18.2 Å². The van der Waals surface area contributed by atoms with Gasteiger partial charge in [0.05, 0.1) is 17.2 Å². The van der Waals surface area contributed by atoms with Crippen molar-refractivity contribution in [3.05, 3.63) is 33.6 Å². The fourth-order valence-corrected chi connectivity index (χ4v) is 3.42. The number of carbonyl (C=O) groups excluding carboxylic acids is 1. The molecule has 0 aliphatic carbocycles. The summed E-state index contributed by atoms with van der Waals surface area (Å²) >= 11 is 0.925. The Labute approximate surface area is 153 Å². The van der Waals surface area contributed by atoms with E-state index in [1.54, 1.807) is 25.1 Å². The van der Waals surface area contributed by atoms with E-state index in [2.05, 4.69) is 16.8 Å². The highest BCUT2D eigenvalue weighted by molar-refractivity contribution is 7.14. The Hall–Kier alpha value is -2.47. The number of benzene rings is 1. The van der Waals surface area contributed by atoms with Crippen molar-refractivity contribution in [2.45, 2.75) is 18.7 Å². The number of primary amides is 1. The molecule has 0 bridgehead atoms. The van der Waals surface area contributed by atoms with Crippen molar-refractivity contribution < 1.29 is 23.8 Å². The summed E-state index contributed by atoms with van der Waals surface area (Å²) in [6, 6.07) is 5.05. The number of amides is 1. The Morgan fingerprint density at radius 2 is 2.38 bits per heavy atom. The Morgan fingerprint density at radius 3 is 3.08 bits per heavy atom. The smallest absolute Gasteiger partial charge is 0.277 e. The molecular weight excluding hydrogens is 359 g/mol. The number of alkyl halides is 1. The zero-order valence-electron chi connectivity index (χ0n) is 14.2. The Balaban J connectivity index is 2.06. The zero-order chi connectivity index (χ0) is 18.9. The number of nitrogens with zero attached hydrogens (tertiary/aromatic N) is 1. The summed E-state index contributed by atoms with van der Waals surface area (Å²) in [6.45, 7) is 1.44. The highest BCUT2D eigenvalue weighted by atomic mass is 32.1. The quantitative estimate of drug-likeness (QED) is 0.800. The highest BCUT2D eigenvalue weighted by Gasteiger charge is 2.28. The number of rotatable bonds is 3. The maximum atomic E-state index is 14.4. The van der Waals surface area contributed by atoms with Crippen molar-refractivity contribution in [2.75, 3.05) is 20.3 Å². The van der Waals surface area contributed by atoms with Gasteiger partial charge in [0.15, 0.2) is 11.2 Å². The summed E-state index contributed by atoms with van der Waals surface area (Å²) in [4.78, 5) is 15.9. The number of hydrogen-bond donors (Lipinski definition) is 2. The maximum Gasteiger partial charge on any atom is 0.277 e. The molecule has 26 heavy (non-hydrogen) atoms. The summed E-state index contributed by atoms with van der Waals surface area (Å²) in [5.41, 5.74) is 5.42. The molecule has 3 N–H and O–H groups in total. The van der Waals surface area contributed by atoms with Crippen LogP contribution in [-0.2, 0) is 4.74 Å². The first kappa shape index (κ1) is 18.3. The molecule has 136 valence electrons. The Kier molecular flexibility index (Phi) is 4.96. The van der Waals surface area contributed by atoms with Crippen LogP contribution in [0.25, 0.3) is 11.3 Å². The molecule has 0 saturated heterocycles. The molecule has 2 atom stereocenters. The topological polar surface area (TPSA) is 94.7 Å². The third-order valence-corrected chi connectivity index (χ3v) is 4.82. The molecule has 1 aromatic carbocycles. The molecule has 2 aromatic rings. The minimum Gasteiger partial charge on any atom is -0.489 e. The van der Waals surface area contributed by atoms with E-state index in [0.717, 1.165) is 11.3 Å². The van der Waals surface area contributed by atoms with Gasteiger partial charge in [-0.05, 0) is 25.1 Å². The molecule has 1 aliphatic heterocycles. The van der Waals surface area contributed by atoms with Gasteiger partial charge < -0.3 is 20.3 Å². The second kappa shape index (κ2) is 7.03. The summed E-state index contributed by atoms with van der Waals surface area (Å²) in [5, 5.41) is 10.1. The summed E-state index contributed by atoms with van der Waals surface area (Å²) < 4.78 is 24.8. The second-order valence-corrected chi connectivity index (χ2v) is 7.07. The number of halogens is 1. The van der Waals surface area contributed by atoms with Gasteiger partial charge in [-0.15, -0.1) is 11.3 Å². The van der Waals surface area contributed by atoms with Crippen molar-refractivity contribution in [3.63, 3.8) is 0 Å². The van der Waals surface area contributed by atoms with Crippen LogP contribution >= 0.6 is 11.3 Å². The lowest BCUT2D eigenvalue weighted by Crippen LogP contribution is -2.27. The maximum absolute atomic E-state index is 14.4. The minimum absolute atomic E-state index is 0.0463. The van der Waals surface area contributed by atoms with E-state index < -0.39 is 17.7 Å². The molecule has 1 amide bonds. The molecule has 6 nitrogen and oxygen atoms in total. The van der Waals surface area contributed by atoms with Crippen LogP contribution in [0.4, 0.5) is 4.39 Å². The number of ether oxygens (including phenoxy) is 2. The lowest BCUT2D eigenvalue weighted by atomic mass is 10.0. The van der Waals surface area contributed by atoms with Gasteiger partial charge in [-0.3, -0.25) is 4.79 Å². The van der Waals surface area contributed by atoms with E-state index in [4.69, 9.17) is 15.2 Å². The fourth-order valence-electron chi connectivity index (χ4n) is 2.52. The summed E-state index contributed by atoms with van der Waals surface area (Å²) in [7, 11) is 1.48. The van der Waals surface area contributed by atoms with Crippen molar-refractivity contribution in [2.24, 2.45) is 5.73 Å². The molecule has 1 aliphatic rings. The Bertz CT molecular complexity index is 914. The number of carbonyl (C=O) groups is 1. The van der Waals surface area contributed by atoms with Crippen LogP contribution in [0, 0.1) is 11.8 Å². The molecule has 0 radical (unpaired) electrons. The average molecular weight is 376 g/mol. The lowest BCUT2D eigenvalue weighted by molar-refractivity contribution is 0.0274. The number of hydrogen-bond acceptors (Lipinski definition) is 6. The van der Waals surface area contributed by atoms with Crippen LogP contribution in [-0.4, -0.2) is 41.9 Å². The van der Waals surface area contributed by atoms with Gasteiger partial charge in [0.2, 0.25) is 0 Å². The van der Waals surface area contributed by atoms with Gasteiger partial charge in [0, 0.05) is 18.2 Å². The zero-order valence-corrected chi connectivity index (χ0v) is 15.0. The van der Waals surface area contributed by atoms with Gasteiger partial charge in [0.1, 0.15) is 18.0 Å². The fraction of sp³-hybridized carbons (Fsp3) is 0.333. The lowest BCUT2D eigenvalue weighted by Gasteiger charge is -2.14. The number of thiazole rings is 1. The van der Waals surface area contributed by atoms with Gasteiger partial charge in [0.25, 0.3) is 5.91 Å². The normalized spacial score (nSPS) is 17.6. The predicted octanol–water partition coefficient (Wildman–Crippen LogP) is 2.06. The van der Waals surface area contributed by atoms with Crippen LogP contribution in [0.2, 0.25) is 0 Å². The van der Waals surface area contributed by atoms with Crippen LogP contribution in [0.15, 0.2) is 18.2 Å². The predicted molar refractivity (Wildman–Crippen MR) is 94.8 cm³/mol. The van der Waals surface area contributed by atoms with Gasteiger partial charge in [-0.1, -0.05) is 11.8 Å². The monoisotopic (exact) mass is 376 g/mol. The number of aliphatic hydroxyl groups is 1. The van der Waals surface area contributed by atoms with Gasteiger partial charge in [-0.25, -0.2) is 9.37 Å². The molecule has 0 unspecified atom stereocenters. The molecule has 3 rings (SSSR count). The summed E-state index contributed by atoms with van der Waals surface area (Å²) in [6.07, 6.45) is -1.40. The van der Waals surface area contributed by atoms with E-state index in [1.165, 1.54) is 7.11 Å². The molecule has 8 heteroatoms. The number of methoxy groups -OCH3 is 1. The molecule has 2 heterocycles. The number of aromatic nitrogens is 1. The first-order valence-electron chi connectivity index (χ1n) is 7.77. The molecular formula is C18H17FN2O4S. The van der Waals surface area contributed by atoms with Crippen molar-refractivity contribution >= 4 is 17.2 Å². The van der Waals surface area contributed by atoms with Gasteiger partial charge in [-0.2, -0.15) is 0 Å². The minimum atomic E-state index is -1.40. The van der Waals surface area contributed by atoms with E-state index >= 15 is 0 Å². The average Bonchev–Trinajstić information content (AvgIpc) is 2.99. The van der Waals surface area contributed by atoms with Crippen LogP contribution in [0.1, 0.15) is 33.3 Å². The third-order valence-electron chi connectivity index (χ3n) is 3.67. The van der Waals surface area contributed by atoms with Crippen molar-refractivity contribution in [1.82, 2.24) is 4.98 Å². The molecule has 0 saturated carbocycles. The van der Waals surface area contributed by atoms with Crippen LogP contribution in [0.5, 0.6) is 5.75 Å². The molecule has 0 spiro atoms. The van der Waals surface area contributed by atoms with Crippen LogP contribution in [0.3, 0.4) is 0 Å². The second-order valence-electron chi connectivity index (χ2n) is 6.04. The van der Waals surface area contributed by atoms with Crippen molar-refractivity contribution in [1.29, 1.82) is 0 Å². The van der Waals surface area contributed by atoms with Crippen molar-refractivity contribution in [3.8, 4) is 28.8 Å². The van der Waals surface area contributed by atoms with E-state index in [0.29, 0.717) is 27.4 Å². The molecule has 0 fully saturated rings. The molecule has 1 aromatic heterocycles. The number of nitrogens with two attached hydrogens (primary N) is 1. The van der Waals surface area contributed by atoms with E-state index in [9.17, 15) is 14.3 Å². The van der Waals surface area contributed by atoms with E-state index in [1.807, 2.05) is 0 Å². The Morgan fingerprint density at radius 1 is 1.62 bits per heavy atom. The first-order valence-corrected chi connectivity index (χ1v) is 8.58. The standard InChI is InChI=1S/C18H17FN2O4S/c1-18(23,9-24-2)6-5-10-3-4-13-11(7-10)14-15(12(19)8-25-13)26-17(21-14)16(20)22/h3-4,7,12,23H,8-9H2,1-2H3,(H2,20,22)/t12-,18+/m0/s1. The largest absolute Gasteiger partial charge is 0.489 e. The highest BCUT2D eigenvalue weighted by Crippen LogP contribution is 2.42. The third kappa shape index (κ3) is 3.70.